The number of rotatable bonds is 6. The van der Waals surface area contributed by atoms with E-state index in [9.17, 15) is 0 Å². The third kappa shape index (κ3) is 4.37. The Balaban J connectivity index is 2.03. The number of nitrogens with zero attached hydrogens (tertiary/aromatic N) is 1. The van der Waals surface area contributed by atoms with Gasteiger partial charge in [0.2, 0.25) is 0 Å². The second-order valence-corrected chi connectivity index (χ2v) is 6.80. The maximum Gasteiger partial charge on any atom is 0.161 e. The van der Waals surface area contributed by atoms with Crippen molar-refractivity contribution in [2.24, 2.45) is 0 Å². The largest absolute Gasteiger partial charge is 0.493 e. The summed E-state index contributed by atoms with van der Waals surface area (Å²) in [6.07, 6.45) is 1.16. The molecule has 0 aromatic heterocycles. The Morgan fingerprint density at radius 2 is 1.88 bits per heavy atom. The first-order valence-corrected chi connectivity index (χ1v) is 9.55. The minimum absolute atomic E-state index is 0.222. The number of nitrogens with one attached hydrogen (secondary N) is 1. The Morgan fingerprint density at radius 1 is 1.04 bits per heavy atom. The predicted molar refractivity (Wildman–Crippen MR) is 106 cm³/mol. The number of methoxy groups -OCH3 is 1. The van der Waals surface area contributed by atoms with Crippen LogP contribution >= 0.6 is 0 Å². The van der Waals surface area contributed by atoms with E-state index in [4.69, 9.17) is 9.47 Å². The molecule has 0 radical (unpaired) electrons. The SMILES string of the molecule is CCOc1cc(C(c2cccc(C)c2)N2CCCNCC2)ccc1OC. The van der Waals surface area contributed by atoms with Crippen molar-refractivity contribution in [2.45, 2.75) is 26.3 Å². The molecule has 0 aliphatic carbocycles. The van der Waals surface area contributed by atoms with Crippen LogP contribution in [0.4, 0.5) is 0 Å². The fraction of sp³-hybridized carbons (Fsp3) is 0.455. The molecule has 4 nitrogen and oxygen atoms in total. The summed E-state index contributed by atoms with van der Waals surface area (Å²) >= 11 is 0. The van der Waals surface area contributed by atoms with Crippen molar-refractivity contribution in [1.82, 2.24) is 10.2 Å². The van der Waals surface area contributed by atoms with E-state index in [-0.39, 0.29) is 6.04 Å². The molecule has 1 heterocycles. The Kier molecular flexibility index (Phi) is 6.53. The molecular weight excluding hydrogens is 324 g/mol. The molecule has 1 unspecified atom stereocenters. The summed E-state index contributed by atoms with van der Waals surface area (Å²) in [5.74, 6) is 1.61. The normalized spacial score (nSPS) is 16.7. The Morgan fingerprint density at radius 3 is 2.65 bits per heavy atom. The maximum atomic E-state index is 5.83. The summed E-state index contributed by atoms with van der Waals surface area (Å²) in [6, 6.07) is 15.4. The van der Waals surface area contributed by atoms with Gasteiger partial charge in [-0.05, 0) is 50.1 Å². The van der Waals surface area contributed by atoms with Gasteiger partial charge in [0.25, 0.3) is 0 Å². The smallest absolute Gasteiger partial charge is 0.161 e. The minimum Gasteiger partial charge on any atom is -0.493 e. The average molecular weight is 354 g/mol. The summed E-state index contributed by atoms with van der Waals surface area (Å²) in [7, 11) is 1.69. The fourth-order valence-electron chi connectivity index (χ4n) is 3.71. The third-order valence-electron chi connectivity index (χ3n) is 4.90. The maximum absolute atomic E-state index is 5.83. The number of hydrogen-bond donors (Lipinski definition) is 1. The van der Waals surface area contributed by atoms with E-state index in [0.29, 0.717) is 6.61 Å². The van der Waals surface area contributed by atoms with Crippen LogP contribution in [-0.4, -0.2) is 44.8 Å². The van der Waals surface area contributed by atoms with Gasteiger partial charge in [0.15, 0.2) is 11.5 Å². The van der Waals surface area contributed by atoms with Gasteiger partial charge in [0, 0.05) is 19.6 Å². The molecule has 2 aromatic carbocycles. The molecule has 0 spiro atoms. The lowest BCUT2D eigenvalue weighted by Gasteiger charge is -2.32. The van der Waals surface area contributed by atoms with E-state index < -0.39 is 0 Å². The lowest BCUT2D eigenvalue weighted by molar-refractivity contribution is 0.239. The molecule has 140 valence electrons. The Hall–Kier alpha value is -2.04. The zero-order valence-corrected chi connectivity index (χ0v) is 16.1. The fourth-order valence-corrected chi connectivity index (χ4v) is 3.71. The number of ether oxygens (including phenoxy) is 2. The van der Waals surface area contributed by atoms with E-state index in [0.717, 1.165) is 44.1 Å². The van der Waals surface area contributed by atoms with Gasteiger partial charge in [-0.25, -0.2) is 0 Å². The van der Waals surface area contributed by atoms with Gasteiger partial charge in [-0.3, -0.25) is 4.90 Å². The molecule has 1 N–H and O–H groups in total. The lowest BCUT2D eigenvalue weighted by Crippen LogP contribution is -2.33. The van der Waals surface area contributed by atoms with Gasteiger partial charge < -0.3 is 14.8 Å². The standard InChI is InChI=1S/C22H30N2O2/c1-4-26-21-16-19(9-10-20(21)25-3)22(18-8-5-7-17(2)15-18)24-13-6-11-23-12-14-24/h5,7-10,15-16,22-23H,4,6,11-14H2,1-3H3. The Bertz CT molecular complexity index is 709. The molecule has 1 aliphatic rings. The van der Waals surface area contributed by atoms with Crippen LogP contribution in [0.25, 0.3) is 0 Å². The quantitative estimate of drug-likeness (QED) is 0.856. The summed E-state index contributed by atoms with van der Waals surface area (Å²) in [4.78, 5) is 2.58. The van der Waals surface area contributed by atoms with Gasteiger partial charge in [0.1, 0.15) is 0 Å². The first-order chi connectivity index (χ1) is 12.7. The van der Waals surface area contributed by atoms with E-state index in [1.807, 2.05) is 13.0 Å². The van der Waals surface area contributed by atoms with Crippen molar-refractivity contribution in [3.63, 3.8) is 0 Å². The molecule has 1 fully saturated rings. The second-order valence-electron chi connectivity index (χ2n) is 6.80. The van der Waals surface area contributed by atoms with Crippen LogP contribution in [0.15, 0.2) is 42.5 Å². The highest BCUT2D eigenvalue weighted by molar-refractivity contribution is 5.46. The van der Waals surface area contributed by atoms with E-state index in [1.165, 1.54) is 16.7 Å². The molecule has 3 rings (SSSR count). The number of hydrogen-bond acceptors (Lipinski definition) is 4. The van der Waals surface area contributed by atoms with Crippen molar-refractivity contribution >= 4 is 0 Å². The van der Waals surface area contributed by atoms with Crippen LogP contribution in [0.5, 0.6) is 11.5 Å². The molecule has 4 heteroatoms. The minimum atomic E-state index is 0.222. The Labute approximate surface area is 157 Å². The number of aryl methyl sites for hydroxylation is 1. The zero-order chi connectivity index (χ0) is 18.4. The summed E-state index contributed by atoms with van der Waals surface area (Å²) in [5, 5.41) is 3.51. The van der Waals surface area contributed by atoms with Gasteiger partial charge in [-0.1, -0.05) is 35.9 Å². The van der Waals surface area contributed by atoms with Gasteiger partial charge in [-0.2, -0.15) is 0 Å². The summed E-state index contributed by atoms with van der Waals surface area (Å²) in [6.45, 7) is 9.02. The monoisotopic (exact) mass is 354 g/mol. The molecule has 1 saturated heterocycles. The highest BCUT2D eigenvalue weighted by atomic mass is 16.5. The summed E-state index contributed by atoms with van der Waals surface area (Å²) in [5.41, 5.74) is 3.88. The first-order valence-electron chi connectivity index (χ1n) is 9.55. The van der Waals surface area contributed by atoms with E-state index >= 15 is 0 Å². The van der Waals surface area contributed by atoms with Crippen molar-refractivity contribution in [1.29, 1.82) is 0 Å². The zero-order valence-electron chi connectivity index (χ0n) is 16.1. The predicted octanol–water partition coefficient (Wildman–Crippen LogP) is 3.79. The molecule has 0 bridgehead atoms. The molecule has 2 aromatic rings. The average Bonchev–Trinajstić information content (AvgIpc) is 2.92. The first kappa shape index (κ1) is 18.7. The highest BCUT2D eigenvalue weighted by Gasteiger charge is 2.24. The highest BCUT2D eigenvalue weighted by Crippen LogP contribution is 2.35. The van der Waals surface area contributed by atoms with Crippen LogP contribution < -0.4 is 14.8 Å². The molecule has 1 aliphatic heterocycles. The number of benzene rings is 2. The van der Waals surface area contributed by atoms with Crippen LogP contribution in [0, 0.1) is 6.92 Å². The molecule has 26 heavy (non-hydrogen) atoms. The van der Waals surface area contributed by atoms with Gasteiger partial charge in [0.05, 0.1) is 19.8 Å². The molecule has 0 amide bonds. The second kappa shape index (κ2) is 9.06. The molecular formula is C22H30N2O2. The van der Waals surface area contributed by atoms with Crippen LogP contribution in [0.1, 0.15) is 36.1 Å². The molecule has 1 atom stereocenters. The van der Waals surface area contributed by atoms with Crippen LogP contribution in [0.3, 0.4) is 0 Å². The van der Waals surface area contributed by atoms with E-state index in [1.54, 1.807) is 7.11 Å². The lowest BCUT2D eigenvalue weighted by atomic mass is 9.95. The van der Waals surface area contributed by atoms with Crippen molar-refractivity contribution in [2.75, 3.05) is 39.9 Å². The van der Waals surface area contributed by atoms with Gasteiger partial charge >= 0.3 is 0 Å². The molecule has 0 saturated carbocycles. The topological polar surface area (TPSA) is 33.7 Å². The van der Waals surface area contributed by atoms with Gasteiger partial charge in [-0.15, -0.1) is 0 Å². The third-order valence-corrected chi connectivity index (χ3v) is 4.90. The van der Waals surface area contributed by atoms with Crippen LogP contribution in [-0.2, 0) is 0 Å². The van der Waals surface area contributed by atoms with Crippen LogP contribution in [0.2, 0.25) is 0 Å². The van der Waals surface area contributed by atoms with Crippen molar-refractivity contribution in [3.05, 3.63) is 59.2 Å². The van der Waals surface area contributed by atoms with Crippen molar-refractivity contribution in [3.8, 4) is 11.5 Å². The van der Waals surface area contributed by atoms with Crippen molar-refractivity contribution < 1.29 is 9.47 Å². The van der Waals surface area contributed by atoms with E-state index in [2.05, 4.69) is 53.5 Å². The summed E-state index contributed by atoms with van der Waals surface area (Å²) < 4.78 is 11.3.